The number of sulfonamides is 1. The van der Waals surface area contributed by atoms with Gasteiger partial charge < -0.3 is 5.32 Å². The first-order valence-electron chi connectivity index (χ1n) is 6.99. The monoisotopic (exact) mass is 304 g/mol. The lowest BCUT2D eigenvalue weighted by atomic mass is 10.2. The summed E-state index contributed by atoms with van der Waals surface area (Å²) in [6.07, 6.45) is 0.774. The molecule has 0 saturated carbocycles. The molecule has 0 fully saturated rings. The van der Waals surface area contributed by atoms with Crippen LogP contribution in [-0.4, -0.2) is 15.0 Å². The van der Waals surface area contributed by atoms with Crippen molar-refractivity contribution >= 4 is 15.7 Å². The van der Waals surface area contributed by atoms with Crippen molar-refractivity contribution in [1.29, 1.82) is 0 Å². The van der Waals surface area contributed by atoms with Gasteiger partial charge in [-0.1, -0.05) is 37.3 Å². The molecular weight excluding hydrogens is 284 g/mol. The Balaban J connectivity index is 1.99. The van der Waals surface area contributed by atoms with Gasteiger partial charge in [0.15, 0.2) is 0 Å². The van der Waals surface area contributed by atoms with E-state index < -0.39 is 10.0 Å². The Labute approximate surface area is 126 Å². The number of benzene rings is 2. The highest BCUT2D eigenvalue weighted by molar-refractivity contribution is 7.89. The van der Waals surface area contributed by atoms with Crippen LogP contribution in [0.3, 0.4) is 0 Å². The molecule has 0 unspecified atom stereocenters. The molecule has 5 heteroatoms. The third-order valence-electron chi connectivity index (χ3n) is 3.05. The normalized spacial score (nSPS) is 11.3. The average Bonchev–Trinajstić information content (AvgIpc) is 2.52. The van der Waals surface area contributed by atoms with E-state index in [0.29, 0.717) is 18.0 Å². The van der Waals surface area contributed by atoms with Crippen LogP contribution in [-0.2, 0) is 16.6 Å². The summed E-state index contributed by atoms with van der Waals surface area (Å²) in [5, 5.41) is 3.27. The van der Waals surface area contributed by atoms with E-state index in [2.05, 4.69) is 10.0 Å². The fourth-order valence-electron chi connectivity index (χ4n) is 1.87. The molecule has 0 radical (unpaired) electrons. The molecule has 4 nitrogen and oxygen atoms in total. The van der Waals surface area contributed by atoms with Crippen LogP contribution in [0.25, 0.3) is 0 Å². The predicted octanol–water partition coefficient (Wildman–Crippen LogP) is 2.99. The quantitative estimate of drug-likeness (QED) is 0.827. The minimum Gasteiger partial charge on any atom is -0.381 e. The van der Waals surface area contributed by atoms with Crippen molar-refractivity contribution in [3.63, 3.8) is 0 Å². The SMILES string of the molecule is CCCNS(=O)(=O)c1ccc(NCc2ccccc2)cc1. The fraction of sp³-hybridized carbons (Fsp3) is 0.250. The van der Waals surface area contributed by atoms with Crippen molar-refractivity contribution in [3.8, 4) is 0 Å². The van der Waals surface area contributed by atoms with Crippen LogP contribution >= 0.6 is 0 Å². The van der Waals surface area contributed by atoms with Crippen molar-refractivity contribution in [3.05, 3.63) is 60.2 Å². The van der Waals surface area contributed by atoms with E-state index in [1.54, 1.807) is 24.3 Å². The fourth-order valence-corrected chi connectivity index (χ4v) is 3.01. The van der Waals surface area contributed by atoms with Crippen LogP contribution in [0.1, 0.15) is 18.9 Å². The van der Waals surface area contributed by atoms with Gasteiger partial charge in [0.25, 0.3) is 0 Å². The van der Waals surface area contributed by atoms with Crippen LogP contribution in [0.2, 0.25) is 0 Å². The van der Waals surface area contributed by atoms with E-state index in [4.69, 9.17) is 0 Å². The van der Waals surface area contributed by atoms with Gasteiger partial charge >= 0.3 is 0 Å². The Kier molecular flexibility index (Phi) is 5.36. The predicted molar refractivity (Wildman–Crippen MR) is 85.7 cm³/mol. The standard InChI is InChI=1S/C16H20N2O2S/c1-2-12-18-21(19,20)16-10-8-15(9-11-16)17-13-14-6-4-3-5-7-14/h3-11,17-18H,2,12-13H2,1H3. The van der Waals surface area contributed by atoms with Crippen LogP contribution in [0.15, 0.2) is 59.5 Å². The number of anilines is 1. The maximum atomic E-state index is 12.0. The summed E-state index contributed by atoms with van der Waals surface area (Å²) in [6.45, 7) is 3.09. The summed E-state index contributed by atoms with van der Waals surface area (Å²) < 4.78 is 26.5. The van der Waals surface area contributed by atoms with Crippen LogP contribution in [0, 0.1) is 0 Å². The number of hydrogen-bond acceptors (Lipinski definition) is 3. The maximum absolute atomic E-state index is 12.0. The zero-order chi connectivity index (χ0) is 15.1. The molecule has 0 saturated heterocycles. The third kappa shape index (κ3) is 4.58. The lowest BCUT2D eigenvalue weighted by Gasteiger charge is -2.09. The van der Waals surface area contributed by atoms with Crippen molar-refractivity contribution in [2.24, 2.45) is 0 Å². The summed E-state index contributed by atoms with van der Waals surface area (Å²) in [7, 11) is -3.38. The van der Waals surface area contributed by atoms with Gasteiger partial charge in [-0.2, -0.15) is 0 Å². The largest absolute Gasteiger partial charge is 0.381 e. The molecule has 2 rings (SSSR count). The molecule has 0 aromatic heterocycles. The van der Waals surface area contributed by atoms with E-state index in [1.165, 1.54) is 5.56 Å². The lowest BCUT2D eigenvalue weighted by Crippen LogP contribution is -2.24. The van der Waals surface area contributed by atoms with E-state index >= 15 is 0 Å². The van der Waals surface area contributed by atoms with E-state index in [0.717, 1.165) is 12.1 Å². The highest BCUT2D eigenvalue weighted by atomic mass is 32.2. The minimum absolute atomic E-state index is 0.293. The van der Waals surface area contributed by atoms with Gasteiger partial charge in [-0.05, 0) is 36.2 Å². The maximum Gasteiger partial charge on any atom is 0.240 e. The Hall–Kier alpha value is -1.85. The number of hydrogen-bond donors (Lipinski definition) is 2. The molecule has 21 heavy (non-hydrogen) atoms. The van der Waals surface area contributed by atoms with Crippen molar-refractivity contribution in [2.45, 2.75) is 24.8 Å². The molecule has 112 valence electrons. The highest BCUT2D eigenvalue weighted by Gasteiger charge is 2.12. The molecule has 2 aromatic rings. The summed E-state index contributed by atoms with van der Waals surface area (Å²) in [4.78, 5) is 0.293. The molecule has 0 amide bonds. The molecule has 0 heterocycles. The zero-order valence-corrected chi connectivity index (χ0v) is 12.9. The zero-order valence-electron chi connectivity index (χ0n) is 12.0. The lowest BCUT2D eigenvalue weighted by molar-refractivity contribution is 0.581. The first kappa shape index (κ1) is 15.5. The molecule has 0 aliphatic carbocycles. The van der Waals surface area contributed by atoms with Crippen molar-refractivity contribution in [2.75, 3.05) is 11.9 Å². The Morgan fingerprint density at radius 2 is 1.62 bits per heavy atom. The Morgan fingerprint density at radius 3 is 2.24 bits per heavy atom. The third-order valence-corrected chi connectivity index (χ3v) is 4.52. The number of nitrogens with one attached hydrogen (secondary N) is 2. The summed E-state index contributed by atoms with van der Waals surface area (Å²) >= 11 is 0. The summed E-state index contributed by atoms with van der Waals surface area (Å²) in [5.74, 6) is 0. The van der Waals surface area contributed by atoms with Crippen LogP contribution in [0.5, 0.6) is 0 Å². The molecule has 0 spiro atoms. The van der Waals surface area contributed by atoms with Gasteiger partial charge in [-0.25, -0.2) is 13.1 Å². The highest BCUT2D eigenvalue weighted by Crippen LogP contribution is 2.15. The molecule has 2 N–H and O–H groups in total. The van der Waals surface area contributed by atoms with Gasteiger partial charge in [0.05, 0.1) is 4.90 Å². The molecular formula is C16H20N2O2S. The second-order valence-electron chi connectivity index (χ2n) is 4.76. The van der Waals surface area contributed by atoms with Crippen LogP contribution in [0.4, 0.5) is 5.69 Å². The average molecular weight is 304 g/mol. The van der Waals surface area contributed by atoms with E-state index in [1.807, 2.05) is 37.3 Å². The minimum atomic E-state index is -3.38. The van der Waals surface area contributed by atoms with Crippen LogP contribution < -0.4 is 10.0 Å². The first-order valence-corrected chi connectivity index (χ1v) is 8.47. The molecule has 0 aliphatic rings. The Bertz CT molecular complexity index is 652. The molecule has 0 atom stereocenters. The van der Waals surface area contributed by atoms with Crippen molar-refractivity contribution < 1.29 is 8.42 Å². The second-order valence-corrected chi connectivity index (χ2v) is 6.53. The smallest absolute Gasteiger partial charge is 0.240 e. The van der Waals surface area contributed by atoms with Gasteiger partial charge in [0, 0.05) is 18.8 Å². The number of rotatable bonds is 7. The summed E-state index contributed by atoms with van der Waals surface area (Å²) in [5.41, 5.74) is 2.08. The van der Waals surface area contributed by atoms with Gasteiger partial charge in [0.2, 0.25) is 10.0 Å². The van der Waals surface area contributed by atoms with Gasteiger partial charge in [0.1, 0.15) is 0 Å². The second kappa shape index (κ2) is 7.24. The van der Waals surface area contributed by atoms with E-state index in [-0.39, 0.29) is 0 Å². The Morgan fingerprint density at radius 1 is 0.952 bits per heavy atom. The molecule has 0 bridgehead atoms. The summed E-state index contributed by atoms with van der Waals surface area (Å²) in [6, 6.07) is 16.8. The van der Waals surface area contributed by atoms with Crippen molar-refractivity contribution in [1.82, 2.24) is 4.72 Å². The van der Waals surface area contributed by atoms with Gasteiger partial charge in [-0.15, -0.1) is 0 Å². The first-order chi connectivity index (χ1) is 10.1. The molecule has 2 aromatic carbocycles. The topological polar surface area (TPSA) is 58.2 Å². The van der Waals surface area contributed by atoms with E-state index in [9.17, 15) is 8.42 Å². The molecule has 0 aliphatic heterocycles. The van der Waals surface area contributed by atoms with Gasteiger partial charge in [-0.3, -0.25) is 0 Å².